The first-order valence-corrected chi connectivity index (χ1v) is 5.10. The zero-order valence-corrected chi connectivity index (χ0v) is 9.13. The highest BCUT2D eigenvalue weighted by Crippen LogP contribution is 2.36. The van der Waals surface area contributed by atoms with E-state index in [2.05, 4.69) is 0 Å². The van der Waals surface area contributed by atoms with Crippen molar-refractivity contribution >= 4 is 35.8 Å². The van der Waals surface area contributed by atoms with Gasteiger partial charge in [0.25, 0.3) is 0 Å². The Morgan fingerprint density at radius 1 is 0.867 bits per heavy atom. The first-order valence-electron chi connectivity index (χ1n) is 4.34. The molecule has 0 spiro atoms. The molecule has 0 aliphatic heterocycles. The molecule has 2 N–H and O–H groups in total. The van der Waals surface area contributed by atoms with Crippen LogP contribution in [0.15, 0.2) is 30.3 Å². The van der Waals surface area contributed by atoms with Crippen molar-refractivity contribution in [3.63, 3.8) is 0 Å². The molecule has 2 rings (SSSR count). The molecule has 0 unspecified atom stereocenters. The minimum absolute atomic E-state index is 0.166. The van der Waals surface area contributed by atoms with E-state index in [4.69, 9.17) is 33.2 Å². The van der Waals surface area contributed by atoms with Crippen LogP contribution in [0.3, 0.4) is 0 Å². The third-order valence-electron chi connectivity index (χ3n) is 2.24. The third-order valence-corrected chi connectivity index (χ3v) is 3.06. The topological polar surface area (TPSA) is 40.5 Å². The molecule has 2 aliphatic rings. The van der Waals surface area contributed by atoms with Crippen molar-refractivity contribution in [1.29, 1.82) is 0 Å². The third kappa shape index (κ3) is 1.72. The van der Waals surface area contributed by atoms with E-state index in [0.717, 1.165) is 11.1 Å². The van der Waals surface area contributed by atoms with Gasteiger partial charge in [0.05, 0.1) is 0 Å². The van der Waals surface area contributed by atoms with Crippen LogP contribution in [0, 0.1) is 0 Å². The molecule has 76 valence electrons. The highest BCUT2D eigenvalue weighted by Gasteiger charge is 2.27. The van der Waals surface area contributed by atoms with Crippen LogP contribution in [0.5, 0.6) is 0 Å². The van der Waals surface area contributed by atoms with Crippen molar-refractivity contribution in [2.24, 2.45) is 0 Å². The van der Waals surface area contributed by atoms with E-state index in [0.29, 0.717) is 10.0 Å². The second-order valence-corrected chi connectivity index (χ2v) is 3.91. The molecule has 0 radical (unpaired) electrons. The Hall–Kier alpha value is -0.735. The number of fused-ring (bicyclic) bond motifs is 1. The molecule has 2 nitrogen and oxygen atoms in total. The summed E-state index contributed by atoms with van der Waals surface area (Å²) < 4.78 is 0. The van der Waals surface area contributed by atoms with Gasteiger partial charge in [-0.15, -0.1) is 0 Å². The zero-order valence-electron chi connectivity index (χ0n) is 7.61. The van der Waals surface area contributed by atoms with E-state index >= 15 is 0 Å². The van der Waals surface area contributed by atoms with E-state index in [-0.39, 0.29) is 5.46 Å². The summed E-state index contributed by atoms with van der Waals surface area (Å²) in [5.41, 5.74) is 1.60. The summed E-state index contributed by atoms with van der Waals surface area (Å²) in [5, 5.41) is 18.9. The van der Waals surface area contributed by atoms with E-state index in [1.807, 2.05) is 18.2 Å². The number of halogens is 2. The standard InChI is InChI=1S/C10H7BCl2O2/c12-9-6-4-2-1-3-5-7(6)10(13)8(9)11(14)15/h1-5,14-15H. The molecule has 0 amide bonds. The van der Waals surface area contributed by atoms with Crippen LogP contribution in [-0.2, 0) is 0 Å². The van der Waals surface area contributed by atoms with Gasteiger partial charge in [-0.05, 0) is 0 Å². The summed E-state index contributed by atoms with van der Waals surface area (Å²) in [4.78, 5) is 0. The van der Waals surface area contributed by atoms with Crippen molar-refractivity contribution < 1.29 is 10.0 Å². The van der Waals surface area contributed by atoms with Crippen molar-refractivity contribution in [2.45, 2.75) is 0 Å². The van der Waals surface area contributed by atoms with Gasteiger partial charge in [0, 0.05) is 26.6 Å². The fourth-order valence-corrected chi connectivity index (χ4v) is 2.31. The highest BCUT2D eigenvalue weighted by atomic mass is 35.5. The minimum Gasteiger partial charge on any atom is -0.423 e. The molecule has 0 aromatic heterocycles. The van der Waals surface area contributed by atoms with Crippen LogP contribution in [-0.4, -0.2) is 17.2 Å². The average molecular weight is 241 g/mol. The number of hydrogen-bond acceptors (Lipinski definition) is 2. The smallest absolute Gasteiger partial charge is 0.423 e. The van der Waals surface area contributed by atoms with Gasteiger partial charge in [-0.3, -0.25) is 0 Å². The first kappa shape index (κ1) is 10.8. The average Bonchev–Trinajstić information content (AvgIpc) is 2.40. The molecule has 5 heteroatoms. The molecule has 15 heavy (non-hydrogen) atoms. The SMILES string of the molecule is OB(O)c1c(Cl)c2cccccc-2c1Cl. The molecular weight excluding hydrogens is 234 g/mol. The zero-order chi connectivity index (χ0) is 11.0. The van der Waals surface area contributed by atoms with E-state index in [1.165, 1.54) is 0 Å². The van der Waals surface area contributed by atoms with Crippen molar-refractivity contribution in [1.82, 2.24) is 0 Å². The summed E-state index contributed by atoms with van der Waals surface area (Å²) in [6, 6.07) is 9.06. The fraction of sp³-hybridized carbons (Fsp3) is 0. The normalized spacial score (nSPS) is 10.7. The Kier molecular flexibility index (Phi) is 2.89. The summed E-state index contributed by atoms with van der Waals surface area (Å²) >= 11 is 12.0. The second kappa shape index (κ2) is 4.03. The van der Waals surface area contributed by atoms with Gasteiger partial charge in [0.2, 0.25) is 0 Å². The lowest BCUT2D eigenvalue weighted by atomic mass is 9.82. The highest BCUT2D eigenvalue weighted by molar-refractivity contribution is 6.68. The predicted octanol–water partition coefficient (Wildman–Crippen LogP) is 1.78. The maximum Gasteiger partial charge on any atom is 0.491 e. The van der Waals surface area contributed by atoms with Gasteiger partial charge in [-0.25, -0.2) is 0 Å². The van der Waals surface area contributed by atoms with Gasteiger partial charge in [-0.1, -0.05) is 53.5 Å². The lowest BCUT2D eigenvalue weighted by Gasteiger charge is -1.96. The molecule has 0 saturated carbocycles. The van der Waals surface area contributed by atoms with Gasteiger partial charge in [-0.2, -0.15) is 0 Å². The van der Waals surface area contributed by atoms with Crippen LogP contribution in [0.1, 0.15) is 0 Å². The Balaban J connectivity index is 2.80. The van der Waals surface area contributed by atoms with E-state index < -0.39 is 7.12 Å². The van der Waals surface area contributed by atoms with Crippen LogP contribution in [0.4, 0.5) is 0 Å². The minimum atomic E-state index is -1.65. The van der Waals surface area contributed by atoms with Gasteiger partial charge in [0.15, 0.2) is 0 Å². The van der Waals surface area contributed by atoms with Crippen molar-refractivity contribution in [3.8, 4) is 11.1 Å². The molecule has 0 saturated heterocycles. The molecule has 0 fully saturated rings. The fourth-order valence-electron chi connectivity index (χ4n) is 1.54. The second-order valence-electron chi connectivity index (χ2n) is 3.15. The predicted molar refractivity (Wildman–Crippen MR) is 62.9 cm³/mol. The van der Waals surface area contributed by atoms with Gasteiger partial charge >= 0.3 is 7.12 Å². The summed E-state index contributed by atoms with van der Waals surface area (Å²) in [5.74, 6) is 0. The van der Waals surface area contributed by atoms with Crippen molar-refractivity contribution in [3.05, 3.63) is 40.4 Å². The maximum atomic E-state index is 9.14. The summed E-state index contributed by atoms with van der Waals surface area (Å²) in [6.07, 6.45) is 0. The van der Waals surface area contributed by atoms with Crippen LogP contribution in [0.25, 0.3) is 11.1 Å². The molecular formula is C10H7BCl2O2. The van der Waals surface area contributed by atoms with Gasteiger partial charge in [0.1, 0.15) is 0 Å². The Morgan fingerprint density at radius 2 is 1.33 bits per heavy atom. The first-order chi connectivity index (χ1) is 7.13. The molecule has 0 bridgehead atoms. The maximum absolute atomic E-state index is 9.14. The Bertz CT molecular complexity index is 437. The Labute approximate surface area is 97.6 Å². The lowest BCUT2D eigenvalue weighted by molar-refractivity contribution is 0.426. The summed E-state index contributed by atoms with van der Waals surface area (Å²) in [7, 11) is -1.65. The number of rotatable bonds is 1. The van der Waals surface area contributed by atoms with Crippen LogP contribution in [0.2, 0.25) is 10.0 Å². The lowest BCUT2D eigenvalue weighted by Crippen LogP contribution is -2.30. The van der Waals surface area contributed by atoms with E-state index in [9.17, 15) is 0 Å². The quantitative estimate of drug-likeness (QED) is 0.747. The Morgan fingerprint density at radius 3 is 1.73 bits per heavy atom. The van der Waals surface area contributed by atoms with Crippen LogP contribution >= 0.6 is 23.2 Å². The number of hydrogen-bond donors (Lipinski definition) is 2. The summed E-state index contributed by atoms with van der Waals surface area (Å²) in [6.45, 7) is 0. The molecule has 0 atom stereocenters. The largest absolute Gasteiger partial charge is 0.491 e. The van der Waals surface area contributed by atoms with E-state index in [1.54, 1.807) is 12.1 Å². The van der Waals surface area contributed by atoms with Gasteiger partial charge < -0.3 is 10.0 Å². The molecule has 0 aromatic carbocycles. The molecule has 2 aliphatic carbocycles. The molecule has 0 aromatic rings. The van der Waals surface area contributed by atoms with Crippen molar-refractivity contribution in [2.75, 3.05) is 0 Å². The molecule has 0 heterocycles. The monoisotopic (exact) mass is 240 g/mol. The van der Waals surface area contributed by atoms with Crippen LogP contribution < -0.4 is 5.46 Å².